The largest absolute Gasteiger partial charge is 0.497 e. The van der Waals surface area contributed by atoms with Gasteiger partial charge in [0.05, 0.1) is 26.0 Å². The van der Waals surface area contributed by atoms with E-state index in [0.717, 1.165) is 23.2 Å². The number of nitrogens with zero attached hydrogens (tertiary/aromatic N) is 1. The second-order valence-corrected chi connectivity index (χ2v) is 6.24. The van der Waals surface area contributed by atoms with Crippen molar-refractivity contribution in [2.24, 2.45) is 0 Å². The second-order valence-electron chi connectivity index (χ2n) is 6.24. The zero-order chi connectivity index (χ0) is 19.9. The highest BCUT2D eigenvalue weighted by molar-refractivity contribution is 5.91. The molecule has 1 amide bonds. The number of para-hydroxylation sites is 1. The van der Waals surface area contributed by atoms with Crippen LogP contribution < -0.4 is 14.8 Å². The van der Waals surface area contributed by atoms with Crippen molar-refractivity contribution in [2.75, 3.05) is 19.5 Å². The van der Waals surface area contributed by atoms with E-state index in [1.54, 1.807) is 26.5 Å². The molecule has 3 rings (SSSR count). The van der Waals surface area contributed by atoms with E-state index >= 15 is 0 Å². The van der Waals surface area contributed by atoms with E-state index in [4.69, 9.17) is 13.9 Å². The molecule has 0 aliphatic rings. The number of ether oxygens (including phenoxy) is 2. The third-order valence-corrected chi connectivity index (χ3v) is 4.47. The second kappa shape index (κ2) is 9.08. The van der Waals surface area contributed by atoms with Gasteiger partial charge in [-0.3, -0.25) is 4.79 Å². The van der Waals surface area contributed by atoms with Gasteiger partial charge in [0.2, 0.25) is 5.91 Å². The number of rotatable bonds is 8. The Bertz CT molecular complexity index is 949. The smallest absolute Gasteiger partial charge is 0.224 e. The first kappa shape index (κ1) is 19.5. The summed E-state index contributed by atoms with van der Waals surface area (Å²) in [7, 11) is 3.19. The lowest BCUT2D eigenvalue weighted by Gasteiger charge is -2.09. The number of methoxy groups -OCH3 is 2. The molecule has 0 radical (unpaired) electrons. The Balaban J connectivity index is 1.64. The van der Waals surface area contributed by atoms with Gasteiger partial charge in [0.15, 0.2) is 11.7 Å². The minimum absolute atomic E-state index is 0.0670. The molecule has 0 fully saturated rings. The number of carbonyl (C=O) groups is 1. The van der Waals surface area contributed by atoms with Crippen LogP contribution in [0.3, 0.4) is 0 Å². The number of aromatic nitrogens is 1. The van der Waals surface area contributed by atoms with Crippen molar-refractivity contribution in [2.45, 2.75) is 26.2 Å². The van der Waals surface area contributed by atoms with Crippen molar-refractivity contribution in [1.82, 2.24) is 4.98 Å². The minimum atomic E-state index is -0.0670. The molecule has 0 atom stereocenters. The van der Waals surface area contributed by atoms with E-state index in [2.05, 4.69) is 17.2 Å². The molecule has 1 aromatic heterocycles. The summed E-state index contributed by atoms with van der Waals surface area (Å²) < 4.78 is 16.4. The van der Waals surface area contributed by atoms with Gasteiger partial charge in [-0.1, -0.05) is 25.1 Å². The van der Waals surface area contributed by atoms with Crippen molar-refractivity contribution < 1.29 is 18.7 Å². The van der Waals surface area contributed by atoms with Crippen LogP contribution >= 0.6 is 0 Å². The lowest BCUT2D eigenvalue weighted by atomic mass is 10.1. The van der Waals surface area contributed by atoms with E-state index in [9.17, 15) is 4.79 Å². The average Bonchev–Trinajstić information content (AvgIpc) is 3.21. The van der Waals surface area contributed by atoms with Crippen molar-refractivity contribution in [3.63, 3.8) is 0 Å². The number of amides is 1. The molecule has 0 bridgehead atoms. The number of hydrogen-bond donors (Lipinski definition) is 1. The standard InChI is InChI=1S/C22H24N2O4/c1-4-15-7-5-6-8-18(15)24-21(25)11-12-22-23-14-20(28-22)17-10-9-16(26-2)13-19(17)27-3/h5-10,13-14H,4,11-12H2,1-3H3,(H,24,25). The Morgan fingerprint density at radius 2 is 1.96 bits per heavy atom. The summed E-state index contributed by atoms with van der Waals surface area (Å²) in [4.78, 5) is 16.6. The molecule has 1 N–H and O–H groups in total. The van der Waals surface area contributed by atoms with E-state index in [-0.39, 0.29) is 12.3 Å². The molecule has 6 heteroatoms. The highest BCUT2D eigenvalue weighted by Gasteiger charge is 2.14. The van der Waals surface area contributed by atoms with Gasteiger partial charge in [-0.2, -0.15) is 0 Å². The van der Waals surface area contributed by atoms with Crippen LogP contribution in [0.15, 0.2) is 53.1 Å². The molecule has 3 aromatic rings. The van der Waals surface area contributed by atoms with Gasteiger partial charge in [0.25, 0.3) is 0 Å². The highest BCUT2D eigenvalue weighted by atomic mass is 16.5. The fourth-order valence-electron chi connectivity index (χ4n) is 2.94. The fourth-order valence-corrected chi connectivity index (χ4v) is 2.94. The normalized spacial score (nSPS) is 10.5. The number of oxazole rings is 1. The molecular formula is C22H24N2O4. The maximum Gasteiger partial charge on any atom is 0.224 e. The maximum absolute atomic E-state index is 12.3. The van der Waals surface area contributed by atoms with Gasteiger partial charge in [0.1, 0.15) is 11.5 Å². The number of carbonyl (C=O) groups excluding carboxylic acids is 1. The topological polar surface area (TPSA) is 73.6 Å². The molecule has 0 saturated heterocycles. The Morgan fingerprint density at radius 1 is 1.14 bits per heavy atom. The maximum atomic E-state index is 12.3. The van der Waals surface area contributed by atoms with Crippen LogP contribution in [0.1, 0.15) is 24.8 Å². The Morgan fingerprint density at radius 3 is 2.71 bits per heavy atom. The molecule has 6 nitrogen and oxygen atoms in total. The average molecular weight is 380 g/mol. The van der Waals surface area contributed by atoms with Crippen molar-refractivity contribution in [3.05, 3.63) is 60.1 Å². The van der Waals surface area contributed by atoms with Gasteiger partial charge in [-0.05, 0) is 30.2 Å². The minimum Gasteiger partial charge on any atom is -0.497 e. The summed E-state index contributed by atoms with van der Waals surface area (Å²) in [5.41, 5.74) is 2.75. The lowest BCUT2D eigenvalue weighted by molar-refractivity contribution is -0.116. The summed E-state index contributed by atoms with van der Waals surface area (Å²) in [6, 6.07) is 13.3. The third-order valence-electron chi connectivity index (χ3n) is 4.47. The molecule has 0 aliphatic carbocycles. The molecule has 28 heavy (non-hydrogen) atoms. The van der Waals surface area contributed by atoms with Gasteiger partial charge in [-0.25, -0.2) is 4.98 Å². The SMILES string of the molecule is CCc1ccccc1NC(=O)CCc1ncc(-c2ccc(OC)cc2OC)o1. The van der Waals surface area contributed by atoms with Crippen LogP contribution in [0.4, 0.5) is 5.69 Å². The Kier molecular flexibility index (Phi) is 6.32. The zero-order valence-corrected chi connectivity index (χ0v) is 16.3. The monoisotopic (exact) mass is 380 g/mol. The highest BCUT2D eigenvalue weighted by Crippen LogP contribution is 2.33. The summed E-state index contributed by atoms with van der Waals surface area (Å²) >= 11 is 0. The summed E-state index contributed by atoms with van der Waals surface area (Å²) in [5, 5.41) is 2.96. The number of hydrogen-bond acceptors (Lipinski definition) is 5. The summed E-state index contributed by atoms with van der Waals surface area (Å²) in [6.45, 7) is 2.06. The molecule has 2 aromatic carbocycles. The first-order valence-electron chi connectivity index (χ1n) is 9.19. The van der Waals surface area contributed by atoms with Crippen molar-refractivity contribution >= 4 is 11.6 Å². The van der Waals surface area contributed by atoms with Gasteiger partial charge >= 0.3 is 0 Å². The molecule has 146 valence electrons. The van der Waals surface area contributed by atoms with Crippen molar-refractivity contribution in [3.8, 4) is 22.8 Å². The fraction of sp³-hybridized carbons (Fsp3) is 0.273. The van der Waals surface area contributed by atoms with E-state index in [0.29, 0.717) is 29.6 Å². The van der Waals surface area contributed by atoms with Crippen LogP contribution in [0.5, 0.6) is 11.5 Å². The van der Waals surface area contributed by atoms with E-state index < -0.39 is 0 Å². The number of aryl methyl sites for hydroxylation is 2. The third kappa shape index (κ3) is 4.52. The Labute approximate surface area is 164 Å². The van der Waals surface area contributed by atoms with Gasteiger partial charge < -0.3 is 19.2 Å². The molecule has 0 unspecified atom stereocenters. The predicted molar refractivity (Wildman–Crippen MR) is 108 cm³/mol. The van der Waals surface area contributed by atoms with Crippen LogP contribution in [0.25, 0.3) is 11.3 Å². The zero-order valence-electron chi connectivity index (χ0n) is 16.3. The molecule has 0 spiro atoms. The molecular weight excluding hydrogens is 356 g/mol. The van der Waals surface area contributed by atoms with E-state index in [1.807, 2.05) is 36.4 Å². The summed E-state index contributed by atoms with van der Waals surface area (Å²) in [5.74, 6) is 2.36. The van der Waals surface area contributed by atoms with Crippen LogP contribution in [-0.2, 0) is 17.6 Å². The number of anilines is 1. The van der Waals surface area contributed by atoms with Crippen LogP contribution in [0.2, 0.25) is 0 Å². The van der Waals surface area contributed by atoms with Crippen molar-refractivity contribution in [1.29, 1.82) is 0 Å². The van der Waals surface area contributed by atoms with E-state index in [1.165, 1.54) is 0 Å². The lowest BCUT2D eigenvalue weighted by Crippen LogP contribution is -2.13. The number of benzene rings is 2. The van der Waals surface area contributed by atoms with Gasteiger partial charge in [0, 0.05) is 24.6 Å². The van der Waals surface area contributed by atoms with Crippen LogP contribution in [0, 0.1) is 0 Å². The van der Waals surface area contributed by atoms with Gasteiger partial charge in [-0.15, -0.1) is 0 Å². The molecule has 0 aliphatic heterocycles. The molecule has 1 heterocycles. The predicted octanol–water partition coefficient (Wildman–Crippen LogP) is 4.49. The first-order valence-corrected chi connectivity index (χ1v) is 9.19. The van der Waals surface area contributed by atoms with Crippen LogP contribution in [-0.4, -0.2) is 25.1 Å². The summed E-state index contributed by atoms with van der Waals surface area (Å²) in [6.07, 6.45) is 3.21. The number of nitrogens with one attached hydrogen (secondary N) is 1. The quantitative estimate of drug-likeness (QED) is 0.623. The first-order chi connectivity index (χ1) is 13.6. The molecule has 0 saturated carbocycles. The Hall–Kier alpha value is -3.28.